The van der Waals surface area contributed by atoms with E-state index in [2.05, 4.69) is 19.2 Å². The van der Waals surface area contributed by atoms with Crippen molar-refractivity contribution in [3.63, 3.8) is 0 Å². The van der Waals surface area contributed by atoms with Crippen molar-refractivity contribution in [2.45, 2.75) is 52.0 Å². The zero-order valence-corrected chi connectivity index (χ0v) is 11.4. The predicted octanol–water partition coefficient (Wildman–Crippen LogP) is 3.36. The molecule has 0 bridgehead atoms. The third-order valence-corrected chi connectivity index (χ3v) is 3.02. The van der Waals surface area contributed by atoms with Gasteiger partial charge in [0.05, 0.1) is 0 Å². The molecular formula is C15H24N2O. The van der Waals surface area contributed by atoms with Gasteiger partial charge in [-0.1, -0.05) is 38.7 Å². The van der Waals surface area contributed by atoms with Gasteiger partial charge in [-0.15, -0.1) is 0 Å². The van der Waals surface area contributed by atoms with Gasteiger partial charge >= 0.3 is 0 Å². The summed E-state index contributed by atoms with van der Waals surface area (Å²) in [7, 11) is 0. The Hall–Kier alpha value is -1.51. The van der Waals surface area contributed by atoms with E-state index in [9.17, 15) is 4.79 Å². The minimum Gasteiger partial charge on any atom is -0.399 e. The third-order valence-electron chi connectivity index (χ3n) is 3.02. The molecule has 1 aromatic carbocycles. The van der Waals surface area contributed by atoms with Crippen LogP contribution in [0.5, 0.6) is 0 Å². The Kier molecular flexibility index (Phi) is 6.26. The molecule has 3 N–H and O–H groups in total. The largest absolute Gasteiger partial charge is 0.399 e. The van der Waals surface area contributed by atoms with E-state index in [0.717, 1.165) is 6.42 Å². The first-order valence-electron chi connectivity index (χ1n) is 6.80. The normalized spacial score (nSPS) is 12.1. The van der Waals surface area contributed by atoms with Crippen LogP contribution in [0.1, 0.15) is 56.3 Å². The molecule has 100 valence electrons. The van der Waals surface area contributed by atoms with Gasteiger partial charge in [-0.3, -0.25) is 4.79 Å². The number of amides is 1. The minimum atomic E-state index is -0.0368. The zero-order valence-electron chi connectivity index (χ0n) is 11.4. The van der Waals surface area contributed by atoms with Gasteiger partial charge in [-0.2, -0.15) is 0 Å². The van der Waals surface area contributed by atoms with Gasteiger partial charge in [-0.25, -0.2) is 0 Å². The van der Waals surface area contributed by atoms with Crippen molar-refractivity contribution < 1.29 is 4.79 Å². The van der Waals surface area contributed by atoms with E-state index in [-0.39, 0.29) is 11.9 Å². The molecule has 0 saturated carbocycles. The summed E-state index contributed by atoms with van der Waals surface area (Å²) < 4.78 is 0. The van der Waals surface area contributed by atoms with E-state index in [1.807, 2.05) is 0 Å². The molecule has 1 aromatic rings. The first-order chi connectivity index (χ1) is 8.63. The van der Waals surface area contributed by atoms with Gasteiger partial charge in [0.15, 0.2) is 0 Å². The Morgan fingerprint density at radius 3 is 2.78 bits per heavy atom. The summed E-state index contributed by atoms with van der Waals surface area (Å²) >= 11 is 0. The number of carbonyl (C=O) groups excluding carboxylic acids is 1. The number of nitrogens with one attached hydrogen (secondary N) is 1. The van der Waals surface area contributed by atoms with Crippen LogP contribution in [0.25, 0.3) is 0 Å². The van der Waals surface area contributed by atoms with Crippen LogP contribution in [0.4, 0.5) is 5.69 Å². The van der Waals surface area contributed by atoms with Gasteiger partial charge in [0.2, 0.25) is 0 Å². The quantitative estimate of drug-likeness (QED) is 0.574. The van der Waals surface area contributed by atoms with Crippen molar-refractivity contribution in [2.75, 3.05) is 5.73 Å². The molecular weight excluding hydrogens is 224 g/mol. The fourth-order valence-electron chi connectivity index (χ4n) is 1.94. The second-order valence-corrected chi connectivity index (χ2v) is 4.85. The fraction of sp³-hybridized carbons (Fsp3) is 0.533. The Balaban J connectivity index is 2.35. The van der Waals surface area contributed by atoms with Crippen molar-refractivity contribution in [1.29, 1.82) is 0 Å². The van der Waals surface area contributed by atoms with E-state index in [1.54, 1.807) is 24.3 Å². The first-order valence-corrected chi connectivity index (χ1v) is 6.80. The van der Waals surface area contributed by atoms with Crippen LogP contribution >= 0.6 is 0 Å². The molecule has 1 rings (SSSR count). The van der Waals surface area contributed by atoms with Crippen LogP contribution in [-0.2, 0) is 0 Å². The molecule has 1 atom stereocenters. The first kappa shape index (κ1) is 14.6. The monoisotopic (exact) mass is 248 g/mol. The highest BCUT2D eigenvalue weighted by molar-refractivity contribution is 5.95. The van der Waals surface area contributed by atoms with Crippen LogP contribution in [0, 0.1) is 0 Å². The Labute approximate surface area is 110 Å². The number of unbranched alkanes of at least 4 members (excludes halogenated alkanes) is 3. The Morgan fingerprint density at radius 2 is 2.11 bits per heavy atom. The van der Waals surface area contributed by atoms with Crippen molar-refractivity contribution in [3.8, 4) is 0 Å². The fourth-order valence-corrected chi connectivity index (χ4v) is 1.94. The number of nitrogen functional groups attached to an aromatic ring is 1. The summed E-state index contributed by atoms with van der Waals surface area (Å²) in [6, 6.07) is 7.30. The lowest BCUT2D eigenvalue weighted by Gasteiger charge is -2.13. The van der Waals surface area contributed by atoms with Gasteiger partial charge < -0.3 is 11.1 Å². The molecule has 0 saturated heterocycles. The van der Waals surface area contributed by atoms with E-state index in [1.165, 1.54) is 25.7 Å². The van der Waals surface area contributed by atoms with Crippen LogP contribution in [0.3, 0.4) is 0 Å². The number of carbonyl (C=O) groups is 1. The highest BCUT2D eigenvalue weighted by Crippen LogP contribution is 2.09. The molecule has 0 fully saturated rings. The maximum absolute atomic E-state index is 11.9. The third kappa shape index (κ3) is 5.21. The van der Waals surface area contributed by atoms with Crippen molar-refractivity contribution in [3.05, 3.63) is 29.8 Å². The second-order valence-electron chi connectivity index (χ2n) is 4.85. The van der Waals surface area contributed by atoms with Crippen molar-refractivity contribution in [1.82, 2.24) is 5.32 Å². The number of benzene rings is 1. The second kappa shape index (κ2) is 7.75. The summed E-state index contributed by atoms with van der Waals surface area (Å²) in [5.41, 5.74) is 6.92. The molecule has 0 radical (unpaired) electrons. The molecule has 0 aliphatic carbocycles. The lowest BCUT2D eigenvalue weighted by atomic mass is 10.1. The highest BCUT2D eigenvalue weighted by Gasteiger charge is 2.09. The number of anilines is 1. The van der Waals surface area contributed by atoms with Crippen molar-refractivity contribution >= 4 is 11.6 Å². The van der Waals surface area contributed by atoms with Gasteiger partial charge in [0.25, 0.3) is 5.91 Å². The lowest BCUT2D eigenvalue weighted by molar-refractivity contribution is 0.0938. The van der Waals surface area contributed by atoms with Crippen LogP contribution in [0.15, 0.2) is 24.3 Å². The molecule has 0 aliphatic rings. The van der Waals surface area contributed by atoms with E-state index >= 15 is 0 Å². The average molecular weight is 248 g/mol. The summed E-state index contributed by atoms with van der Waals surface area (Å²) in [5.74, 6) is -0.0368. The molecule has 0 aromatic heterocycles. The van der Waals surface area contributed by atoms with Crippen LogP contribution in [0.2, 0.25) is 0 Å². The topological polar surface area (TPSA) is 55.1 Å². The molecule has 0 spiro atoms. The predicted molar refractivity (Wildman–Crippen MR) is 76.5 cm³/mol. The molecule has 0 heterocycles. The zero-order chi connectivity index (χ0) is 13.4. The lowest BCUT2D eigenvalue weighted by Crippen LogP contribution is -2.32. The summed E-state index contributed by atoms with van der Waals surface area (Å²) in [6.45, 7) is 4.25. The standard InChI is InChI=1S/C15H24N2O/c1-3-4-5-6-8-12(2)17-15(18)13-9-7-10-14(16)11-13/h7,9-12H,3-6,8,16H2,1-2H3,(H,17,18). The number of nitrogens with two attached hydrogens (primary N) is 1. The van der Waals surface area contributed by atoms with Crippen LogP contribution in [-0.4, -0.2) is 11.9 Å². The summed E-state index contributed by atoms with van der Waals surface area (Å²) in [4.78, 5) is 11.9. The van der Waals surface area contributed by atoms with E-state index in [0.29, 0.717) is 11.3 Å². The minimum absolute atomic E-state index is 0.0368. The van der Waals surface area contributed by atoms with E-state index < -0.39 is 0 Å². The smallest absolute Gasteiger partial charge is 0.251 e. The number of rotatable bonds is 7. The Bertz CT molecular complexity index is 377. The van der Waals surface area contributed by atoms with Crippen molar-refractivity contribution in [2.24, 2.45) is 0 Å². The molecule has 3 heteroatoms. The van der Waals surface area contributed by atoms with Gasteiger partial charge in [0, 0.05) is 17.3 Å². The summed E-state index contributed by atoms with van der Waals surface area (Å²) in [6.07, 6.45) is 5.97. The highest BCUT2D eigenvalue weighted by atomic mass is 16.1. The van der Waals surface area contributed by atoms with Gasteiger partial charge in [-0.05, 0) is 31.5 Å². The molecule has 3 nitrogen and oxygen atoms in total. The summed E-state index contributed by atoms with van der Waals surface area (Å²) in [5, 5.41) is 3.01. The maximum atomic E-state index is 11.9. The molecule has 1 unspecified atom stereocenters. The average Bonchev–Trinajstić information content (AvgIpc) is 2.34. The van der Waals surface area contributed by atoms with Crippen LogP contribution < -0.4 is 11.1 Å². The maximum Gasteiger partial charge on any atom is 0.251 e. The van der Waals surface area contributed by atoms with Gasteiger partial charge in [0.1, 0.15) is 0 Å². The number of hydrogen-bond donors (Lipinski definition) is 2. The number of hydrogen-bond acceptors (Lipinski definition) is 2. The SMILES string of the molecule is CCCCCCC(C)NC(=O)c1cccc(N)c1. The molecule has 1 amide bonds. The molecule has 0 aliphatic heterocycles. The Morgan fingerprint density at radius 1 is 1.33 bits per heavy atom. The molecule has 18 heavy (non-hydrogen) atoms. The van der Waals surface area contributed by atoms with E-state index in [4.69, 9.17) is 5.73 Å².